The van der Waals surface area contributed by atoms with Gasteiger partial charge >= 0.3 is 6.18 Å². The summed E-state index contributed by atoms with van der Waals surface area (Å²) < 4.78 is 62.2. The fourth-order valence-electron chi connectivity index (χ4n) is 4.03. The van der Waals surface area contributed by atoms with Gasteiger partial charge in [-0.25, -0.2) is 18.4 Å². The Morgan fingerprint density at radius 3 is 2.28 bits per heavy atom. The molecule has 1 saturated heterocycles. The summed E-state index contributed by atoms with van der Waals surface area (Å²) in [7, 11) is -3.28. The highest BCUT2D eigenvalue weighted by Gasteiger charge is 2.31. The van der Waals surface area contributed by atoms with Crippen molar-refractivity contribution in [2.24, 2.45) is 0 Å². The predicted molar refractivity (Wildman–Crippen MR) is 128 cm³/mol. The van der Waals surface area contributed by atoms with Crippen LogP contribution in [0.5, 0.6) is 0 Å². The molecule has 1 atom stereocenters. The minimum Gasteiger partial charge on any atom is -0.348 e. The van der Waals surface area contributed by atoms with Gasteiger partial charge in [0, 0.05) is 37.9 Å². The minimum absolute atomic E-state index is 0.0201. The normalized spacial score (nSPS) is 16.2. The zero-order valence-electron chi connectivity index (χ0n) is 19.5. The van der Waals surface area contributed by atoms with Gasteiger partial charge < -0.3 is 10.2 Å². The number of carbonyl (C=O) groups is 1. The molecule has 11 heteroatoms. The molecule has 1 fully saturated rings. The maximum Gasteiger partial charge on any atom is 0.416 e. The highest BCUT2D eigenvalue weighted by molar-refractivity contribution is 7.91. The largest absolute Gasteiger partial charge is 0.416 e. The van der Waals surface area contributed by atoms with Crippen LogP contribution in [-0.4, -0.2) is 43.1 Å². The molecule has 0 bridgehead atoms. The van der Waals surface area contributed by atoms with E-state index in [0.717, 1.165) is 29.7 Å². The van der Waals surface area contributed by atoms with Gasteiger partial charge in [0.15, 0.2) is 9.84 Å². The topological polar surface area (TPSA) is 92.3 Å². The van der Waals surface area contributed by atoms with Crippen molar-refractivity contribution in [3.63, 3.8) is 0 Å². The standard InChI is InChI=1S/C25H25F3N4O3S/c1-2-36(34,35)22-9-3-17(4-10-22)13-29-23(33)20-14-30-24(31-15-20)32-12-11-19(16-32)18-5-7-21(8-6-18)25(26,27)28/h3-10,14-15,19H,2,11-13,16H2,1H3,(H,29,33). The molecule has 1 aliphatic heterocycles. The number of aromatic nitrogens is 2. The first kappa shape index (κ1) is 25.6. The molecule has 1 aromatic heterocycles. The van der Waals surface area contributed by atoms with E-state index in [0.29, 0.717) is 19.0 Å². The van der Waals surface area contributed by atoms with Crippen molar-refractivity contribution in [2.75, 3.05) is 23.7 Å². The Morgan fingerprint density at radius 2 is 1.69 bits per heavy atom. The summed E-state index contributed by atoms with van der Waals surface area (Å²) in [5.74, 6) is 0.175. The molecule has 1 amide bonds. The molecule has 1 unspecified atom stereocenters. The first-order valence-electron chi connectivity index (χ1n) is 11.4. The third-order valence-corrected chi connectivity index (χ3v) is 7.95. The van der Waals surface area contributed by atoms with Crippen molar-refractivity contribution in [3.8, 4) is 0 Å². The third kappa shape index (κ3) is 5.84. The maximum absolute atomic E-state index is 12.8. The Balaban J connectivity index is 1.32. The van der Waals surface area contributed by atoms with E-state index in [9.17, 15) is 26.4 Å². The Labute approximate surface area is 207 Å². The van der Waals surface area contributed by atoms with Crippen molar-refractivity contribution >= 4 is 21.7 Å². The Kier molecular flexibility index (Phi) is 7.30. The van der Waals surface area contributed by atoms with Gasteiger partial charge in [-0.05, 0) is 41.8 Å². The second kappa shape index (κ2) is 10.3. The van der Waals surface area contributed by atoms with Gasteiger partial charge in [0.1, 0.15) is 0 Å². The predicted octanol–water partition coefficient (Wildman–Crippen LogP) is 4.21. The summed E-state index contributed by atoms with van der Waals surface area (Å²) in [5.41, 5.74) is 1.20. The summed E-state index contributed by atoms with van der Waals surface area (Å²) in [6.45, 7) is 3.02. The first-order chi connectivity index (χ1) is 17.1. The number of carbonyl (C=O) groups excluding carboxylic acids is 1. The quantitative estimate of drug-likeness (QED) is 0.504. The number of anilines is 1. The average Bonchev–Trinajstić information content (AvgIpc) is 3.37. The maximum atomic E-state index is 12.8. The molecule has 4 rings (SSSR count). The Morgan fingerprint density at radius 1 is 1.06 bits per heavy atom. The molecule has 2 heterocycles. The molecule has 7 nitrogen and oxygen atoms in total. The van der Waals surface area contributed by atoms with Gasteiger partial charge in [0.05, 0.1) is 21.8 Å². The van der Waals surface area contributed by atoms with E-state index in [1.165, 1.54) is 36.7 Å². The number of halogens is 3. The van der Waals surface area contributed by atoms with Crippen molar-refractivity contribution in [1.29, 1.82) is 0 Å². The number of amides is 1. The number of hydrogen-bond acceptors (Lipinski definition) is 6. The smallest absolute Gasteiger partial charge is 0.348 e. The van der Waals surface area contributed by atoms with Crippen molar-refractivity contribution < 1.29 is 26.4 Å². The zero-order valence-corrected chi connectivity index (χ0v) is 20.3. The summed E-state index contributed by atoms with van der Waals surface area (Å²) in [6.07, 6.45) is -0.736. The van der Waals surface area contributed by atoms with Gasteiger partial charge in [-0.3, -0.25) is 4.79 Å². The first-order valence-corrected chi connectivity index (χ1v) is 13.1. The molecule has 0 spiro atoms. The molecule has 0 saturated carbocycles. The van der Waals surface area contributed by atoms with E-state index in [4.69, 9.17) is 0 Å². The molecule has 1 N–H and O–H groups in total. The van der Waals surface area contributed by atoms with Crippen LogP contribution in [0, 0.1) is 0 Å². The molecule has 1 aliphatic rings. The monoisotopic (exact) mass is 518 g/mol. The molecule has 3 aromatic rings. The number of rotatable bonds is 7. The van der Waals surface area contributed by atoms with Crippen LogP contribution in [-0.2, 0) is 22.6 Å². The molecule has 190 valence electrons. The second-order valence-electron chi connectivity index (χ2n) is 8.55. The van der Waals surface area contributed by atoms with Crippen molar-refractivity contribution in [1.82, 2.24) is 15.3 Å². The molecule has 0 radical (unpaired) electrons. The number of alkyl halides is 3. The number of hydrogen-bond donors (Lipinski definition) is 1. The van der Waals surface area contributed by atoms with E-state index in [-0.39, 0.29) is 34.6 Å². The fraction of sp³-hybridized carbons (Fsp3) is 0.320. The fourth-order valence-corrected chi connectivity index (χ4v) is 4.91. The molecule has 2 aromatic carbocycles. The average molecular weight is 519 g/mol. The lowest BCUT2D eigenvalue weighted by molar-refractivity contribution is -0.137. The second-order valence-corrected chi connectivity index (χ2v) is 10.8. The summed E-state index contributed by atoms with van der Waals surface area (Å²) in [5, 5.41) is 2.76. The van der Waals surface area contributed by atoms with E-state index in [1.807, 2.05) is 4.90 Å². The number of nitrogens with one attached hydrogen (secondary N) is 1. The van der Waals surface area contributed by atoms with Crippen molar-refractivity contribution in [3.05, 3.63) is 83.2 Å². The van der Waals surface area contributed by atoms with Crippen LogP contribution in [0.3, 0.4) is 0 Å². The number of sulfone groups is 1. The Bertz CT molecular complexity index is 1310. The highest BCUT2D eigenvalue weighted by Crippen LogP contribution is 2.33. The highest BCUT2D eigenvalue weighted by atomic mass is 32.2. The van der Waals surface area contributed by atoms with E-state index in [2.05, 4.69) is 15.3 Å². The SMILES string of the molecule is CCS(=O)(=O)c1ccc(CNC(=O)c2cnc(N3CCC(c4ccc(C(F)(F)F)cc4)C3)nc2)cc1. The van der Waals surface area contributed by atoms with Gasteiger partial charge in [0.25, 0.3) is 5.91 Å². The number of nitrogens with zero attached hydrogens (tertiary/aromatic N) is 3. The van der Waals surface area contributed by atoms with Crippen LogP contribution < -0.4 is 10.2 Å². The lowest BCUT2D eigenvalue weighted by Crippen LogP contribution is -2.25. The van der Waals surface area contributed by atoms with Crippen LogP contribution in [0.15, 0.2) is 65.8 Å². The van der Waals surface area contributed by atoms with Gasteiger partial charge in [-0.15, -0.1) is 0 Å². The summed E-state index contributed by atoms with van der Waals surface area (Å²) in [6, 6.07) is 11.6. The van der Waals surface area contributed by atoms with Crippen LogP contribution in [0.1, 0.15) is 46.3 Å². The molecule has 36 heavy (non-hydrogen) atoms. The van der Waals surface area contributed by atoms with Crippen LogP contribution in [0.25, 0.3) is 0 Å². The lowest BCUT2D eigenvalue weighted by atomic mass is 9.97. The zero-order chi connectivity index (χ0) is 25.9. The van der Waals surface area contributed by atoms with Crippen LogP contribution in [0.4, 0.5) is 19.1 Å². The molecular weight excluding hydrogens is 493 g/mol. The van der Waals surface area contributed by atoms with E-state index in [1.54, 1.807) is 19.1 Å². The van der Waals surface area contributed by atoms with Crippen LogP contribution >= 0.6 is 0 Å². The summed E-state index contributed by atoms with van der Waals surface area (Å²) in [4.78, 5) is 23.3. The number of benzene rings is 2. The molecule has 0 aliphatic carbocycles. The summed E-state index contributed by atoms with van der Waals surface area (Å²) >= 11 is 0. The van der Waals surface area contributed by atoms with E-state index >= 15 is 0 Å². The third-order valence-electron chi connectivity index (χ3n) is 6.20. The van der Waals surface area contributed by atoms with Crippen LogP contribution in [0.2, 0.25) is 0 Å². The Hall–Kier alpha value is -3.47. The van der Waals surface area contributed by atoms with E-state index < -0.39 is 21.6 Å². The lowest BCUT2D eigenvalue weighted by Gasteiger charge is -2.17. The van der Waals surface area contributed by atoms with Gasteiger partial charge in [-0.2, -0.15) is 13.2 Å². The van der Waals surface area contributed by atoms with Gasteiger partial charge in [0.2, 0.25) is 5.95 Å². The van der Waals surface area contributed by atoms with Crippen molar-refractivity contribution in [2.45, 2.75) is 36.9 Å². The van der Waals surface area contributed by atoms with Gasteiger partial charge in [-0.1, -0.05) is 31.2 Å². The minimum atomic E-state index is -4.36. The molecular formula is C25H25F3N4O3S.